The zero-order valence-electron chi connectivity index (χ0n) is 12.9. The molecule has 0 aromatic heterocycles. The van der Waals surface area contributed by atoms with Crippen molar-refractivity contribution in [3.63, 3.8) is 0 Å². The zero-order chi connectivity index (χ0) is 13.1. The Morgan fingerprint density at radius 1 is 0.562 bits per heavy atom. The Bertz CT molecular complexity index is 109. The van der Waals surface area contributed by atoms with Gasteiger partial charge in [-0.1, -0.05) is 27.7 Å². The molecule has 1 aliphatic heterocycles. The van der Waals surface area contributed by atoms with Gasteiger partial charge in [0.05, 0.1) is 0 Å². The van der Waals surface area contributed by atoms with Gasteiger partial charge in [-0.2, -0.15) is 0 Å². The van der Waals surface area contributed by atoms with E-state index in [9.17, 15) is 0 Å². The molecular formula is C14H34N2. The van der Waals surface area contributed by atoms with E-state index in [-0.39, 0.29) is 0 Å². The van der Waals surface area contributed by atoms with Gasteiger partial charge in [0, 0.05) is 38.3 Å². The molecule has 0 aliphatic carbocycles. The first-order valence-corrected chi connectivity index (χ1v) is 7.09. The first-order valence-electron chi connectivity index (χ1n) is 7.09. The Kier molecular flexibility index (Phi) is 13.0. The van der Waals surface area contributed by atoms with E-state index in [0.717, 1.165) is 12.1 Å². The number of hydrogen-bond acceptors (Lipinski definition) is 2. The number of rotatable bonds is 2. The van der Waals surface area contributed by atoms with Crippen LogP contribution in [0, 0.1) is 0 Å². The minimum atomic E-state index is 0.722. The summed E-state index contributed by atoms with van der Waals surface area (Å²) in [4.78, 5) is 5.11. The van der Waals surface area contributed by atoms with Gasteiger partial charge in [-0.15, -0.1) is 0 Å². The van der Waals surface area contributed by atoms with Gasteiger partial charge in [0.2, 0.25) is 0 Å². The molecule has 1 saturated heterocycles. The first-order chi connectivity index (χ1) is 7.61. The fourth-order valence-electron chi connectivity index (χ4n) is 1.77. The van der Waals surface area contributed by atoms with Crippen molar-refractivity contribution >= 4 is 0 Å². The molecule has 1 aliphatic rings. The van der Waals surface area contributed by atoms with Crippen LogP contribution in [0.4, 0.5) is 0 Å². The van der Waals surface area contributed by atoms with Crippen LogP contribution >= 0.6 is 0 Å². The first kappa shape index (κ1) is 18.3. The molecule has 2 nitrogen and oxygen atoms in total. The fourth-order valence-corrected chi connectivity index (χ4v) is 1.77. The molecule has 0 aromatic rings. The van der Waals surface area contributed by atoms with Gasteiger partial charge in [-0.3, -0.25) is 9.80 Å². The van der Waals surface area contributed by atoms with E-state index >= 15 is 0 Å². The molecule has 100 valence electrons. The lowest BCUT2D eigenvalue weighted by Gasteiger charge is -2.38. The highest BCUT2D eigenvalue weighted by Gasteiger charge is 2.19. The topological polar surface area (TPSA) is 6.48 Å². The molecule has 1 rings (SSSR count). The fraction of sp³-hybridized carbons (Fsp3) is 1.00. The molecular weight excluding hydrogens is 196 g/mol. The Morgan fingerprint density at radius 3 is 0.875 bits per heavy atom. The van der Waals surface area contributed by atoms with Crippen LogP contribution in [0.1, 0.15) is 55.4 Å². The Balaban J connectivity index is 0. The standard InChI is InChI=1S/C10H22N2.2C2H6/c1-9(2)11-5-7-12(8-6-11)10(3)4;2*1-2/h9-10H,5-8H2,1-4H3;2*1-2H3. The maximum atomic E-state index is 2.55. The zero-order valence-corrected chi connectivity index (χ0v) is 12.9. The molecule has 0 atom stereocenters. The summed E-state index contributed by atoms with van der Waals surface area (Å²) in [5.74, 6) is 0. The summed E-state index contributed by atoms with van der Waals surface area (Å²) in [5.41, 5.74) is 0. The summed E-state index contributed by atoms with van der Waals surface area (Å²) in [6.45, 7) is 22.1. The quantitative estimate of drug-likeness (QED) is 0.717. The van der Waals surface area contributed by atoms with E-state index in [1.165, 1.54) is 26.2 Å². The number of piperazine rings is 1. The van der Waals surface area contributed by atoms with E-state index in [2.05, 4.69) is 37.5 Å². The van der Waals surface area contributed by atoms with E-state index in [4.69, 9.17) is 0 Å². The van der Waals surface area contributed by atoms with Crippen molar-refractivity contribution in [1.29, 1.82) is 0 Å². The van der Waals surface area contributed by atoms with Crippen molar-refractivity contribution in [2.24, 2.45) is 0 Å². The molecule has 0 aromatic carbocycles. The summed E-state index contributed by atoms with van der Waals surface area (Å²) in [6.07, 6.45) is 0. The lowest BCUT2D eigenvalue weighted by Crippen LogP contribution is -2.50. The Hall–Kier alpha value is -0.0800. The summed E-state index contributed by atoms with van der Waals surface area (Å²) >= 11 is 0. The SMILES string of the molecule is CC.CC.CC(C)N1CCN(C(C)C)CC1. The molecule has 0 amide bonds. The molecule has 16 heavy (non-hydrogen) atoms. The van der Waals surface area contributed by atoms with Gasteiger partial charge in [-0.05, 0) is 27.7 Å². The largest absolute Gasteiger partial charge is 0.298 e. The predicted molar refractivity (Wildman–Crippen MR) is 76.1 cm³/mol. The highest BCUT2D eigenvalue weighted by molar-refractivity contribution is 4.75. The van der Waals surface area contributed by atoms with Gasteiger partial charge in [0.1, 0.15) is 0 Å². The van der Waals surface area contributed by atoms with Crippen molar-refractivity contribution in [3.8, 4) is 0 Å². The van der Waals surface area contributed by atoms with Crippen LogP contribution in [0.5, 0.6) is 0 Å². The van der Waals surface area contributed by atoms with E-state index in [1.54, 1.807) is 0 Å². The minimum absolute atomic E-state index is 0.722. The minimum Gasteiger partial charge on any atom is -0.298 e. The van der Waals surface area contributed by atoms with Crippen molar-refractivity contribution in [2.75, 3.05) is 26.2 Å². The van der Waals surface area contributed by atoms with E-state index in [0.29, 0.717) is 0 Å². The lowest BCUT2D eigenvalue weighted by molar-refractivity contribution is 0.0887. The van der Waals surface area contributed by atoms with Crippen molar-refractivity contribution < 1.29 is 0 Å². The monoisotopic (exact) mass is 230 g/mol. The molecule has 0 bridgehead atoms. The second-order valence-corrected chi connectivity index (χ2v) is 4.26. The molecule has 0 radical (unpaired) electrons. The summed E-state index contributed by atoms with van der Waals surface area (Å²) in [6, 6.07) is 1.44. The van der Waals surface area contributed by atoms with Crippen LogP contribution in [0.15, 0.2) is 0 Å². The summed E-state index contributed by atoms with van der Waals surface area (Å²) in [7, 11) is 0. The van der Waals surface area contributed by atoms with Crippen molar-refractivity contribution in [1.82, 2.24) is 9.80 Å². The van der Waals surface area contributed by atoms with Crippen LogP contribution < -0.4 is 0 Å². The molecule has 0 N–H and O–H groups in total. The molecule has 1 fully saturated rings. The highest BCUT2D eigenvalue weighted by atomic mass is 15.3. The molecule has 0 unspecified atom stereocenters. The van der Waals surface area contributed by atoms with E-state index in [1.807, 2.05) is 27.7 Å². The van der Waals surface area contributed by atoms with Gasteiger partial charge in [0.25, 0.3) is 0 Å². The highest BCUT2D eigenvalue weighted by Crippen LogP contribution is 2.07. The van der Waals surface area contributed by atoms with Crippen LogP contribution in [0.2, 0.25) is 0 Å². The number of nitrogens with zero attached hydrogens (tertiary/aromatic N) is 2. The third-order valence-corrected chi connectivity index (χ3v) is 2.81. The normalized spacial score (nSPS) is 17.6. The Labute approximate surface area is 104 Å². The second-order valence-electron chi connectivity index (χ2n) is 4.26. The Morgan fingerprint density at radius 2 is 0.750 bits per heavy atom. The van der Waals surface area contributed by atoms with Gasteiger partial charge in [-0.25, -0.2) is 0 Å². The second kappa shape index (κ2) is 11.4. The average Bonchev–Trinajstić information content (AvgIpc) is 2.34. The van der Waals surface area contributed by atoms with Crippen molar-refractivity contribution in [2.45, 2.75) is 67.5 Å². The summed E-state index contributed by atoms with van der Waals surface area (Å²) in [5, 5.41) is 0. The predicted octanol–water partition coefficient (Wildman–Crippen LogP) is 3.47. The summed E-state index contributed by atoms with van der Waals surface area (Å²) < 4.78 is 0. The molecule has 2 heteroatoms. The third kappa shape index (κ3) is 7.24. The lowest BCUT2D eigenvalue weighted by atomic mass is 10.2. The van der Waals surface area contributed by atoms with Gasteiger partial charge >= 0.3 is 0 Å². The van der Waals surface area contributed by atoms with Gasteiger partial charge in [0.15, 0.2) is 0 Å². The molecule has 1 heterocycles. The average molecular weight is 230 g/mol. The van der Waals surface area contributed by atoms with Crippen LogP contribution in [0.3, 0.4) is 0 Å². The van der Waals surface area contributed by atoms with Gasteiger partial charge < -0.3 is 0 Å². The van der Waals surface area contributed by atoms with Crippen molar-refractivity contribution in [3.05, 3.63) is 0 Å². The van der Waals surface area contributed by atoms with Crippen LogP contribution in [0.25, 0.3) is 0 Å². The smallest absolute Gasteiger partial charge is 0.0113 e. The number of hydrogen-bond donors (Lipinski definition) is 0. The molecule has 0 saturated carbocycles. The third-order valence-electron chi connectivity index (χ3n) is 2.81. The van der Waals surface area contributed by atoms with Crippen LogP contribution in [-0.2, 0) is 0 Å². The maximum absolute atomic E-state index is 2.55. The molecule has 0 spiro atoms. The maximum Gasteiger partial charge on any atom is 0.0113 e. The van der Waals surface area contributed by atoms with E-state index < -0.39 is 0 Å². The van der Waals surface area contributed by atoms with Crippen LogP contribution in [-0.4, -0.2) is 48.1 Å².